The van der Waals surface area contributed by atoms with E-state index >= 15 is 0 Å². The quantitative estimate of drug-likeness (QED) is 0.282. The first-order valence-corrected chi connectivity index (χ1v) is 14.7. The molecule has 4 aliphatic carbocycles. The minimum Gasteiger partial charge on any atom is -0.458 e. The van der Waals surface area contributed by atoms with Crippen LogP contribution in [0.5, 0.6) is 0 Å². The van der Waals surface area contributed by atoms with Crippen LogP contribution >= 0.6 is 0 Å². The van der Waals surface area contributed by atoms with Crippen molar-refractivity contribution < 1.29 is 53.0 Å². The Balaban J connectivity index is 1.06. The van der Waals surface area contributed by atoms with Crippen molar-refractivity contribution in [3.05, 3.63) is 23.3 Å². The SMILES string of the molecule is CC1OC(OC2CCC3(C)C(C2)CC2OC24C3C(O)C(=O)C2(C)C(C3=CC(=O)OC3)=CCC24O)C(=O)C2OCOC12. The average molecular weight is 573 g/mol. The van der Waals surface area contributed by atoms with Gasteiger partial charge < -0.3 is 38.6 Å². The van der Waals surface area contributed by atoms with E-state index in [0.717, 1.165) is 0 Å². The number of ether oxygens (including phenoxy) is 6. The second-order valence-electron chi connectivity index (χ2n) is 13.7. The molecular weight excluding hydrogens is 536 g/mol. The maximum atomic E-state index is 14.1. The second kappa shape index (κ2) is 8.34. The van der Waals surface area contributed by atoms with Gasteiger partial charge in [0.15, 0.2) is 11.9 Å². The van der Waals surface area contributed by atoms with Gasteiger partial charge in [-0.05, 0) is 62.9 Å². The zero-order valence-corrected chi connectivity index (χ0v) is 23.4. The average Bonchev–Trinajstić information content (AvgIpc) is 3.24. The van der Waals surface area contributed by atoms with Gasteiger partial charge in [-0.1, -0.05) is 13.0 Å². The highest BCUT2D eigenvalue weighted by molar-refractivity contribution is 5.98. The molecule has 41 heavy (non-hydrogen) atoms. The fourth-order valence-electron chi connectivity index (χ4n) is 9.89. The molecule has 1 spiro atoms. The molecule has 13 atom stereocenters. The van der Waals surface area contributed by atoms with Gasteiger partial charge in [-0.2, -0.15) is 0 Å². The molecule has 222 valence electrons. The van der Waals surface area contributed by atoms with Crippen LogP contribution in [-0.2, 0) is 42.8 Å². The van der Waals surface area contributed by atoms with Gasteiger partial charge in [0.25, 0.3) is 0 Å². The van der Waals surface area contributed by atoms with Gasteiger partial charge in [0.1, 0.15) is 36.8 Å². The molecule has 4 aliphatic heterocycles. The minimum absolute atomic E-state index is 0.0359. The Morgan fingerprint density at radius 2 is 1.93 bits per heavy atom. The fourth-order valence-corrected chi connectivity index (χ4v) is 9.89. The van der Waals surface area contributed by atoms with E-state index in [4.69, 9.17) is 28.4 Å². The summed E-state index contributed by atoms with van der Waals surface area (Å²) < 4.78 is 34.7. The van der Waals surface area contributed by atoms with Crippen LogP contribution in [0.25, 0.3) is 0 Å². The zero-order valence-electron chi connectivity index (χ0n) is 23.4. The van der Waals surface area contributed by atoms with Crippen LogP contribution in [0.15, 0.2) is 23.3 Å². The zero-order chi connectivity index (χ0) is 28.7. The number of epoxide rings is 1. The van der Waals surface area contributed by atoms with Crippen molar-refractivity contribution in [3.8, 4) is 0 Å². The highest BCUT2D eigenvalue weighted by Gasteiger charge is 2.87. The summed E-state index contributed by atoms with van der Waals surface area (Å²) in [5.74, 6) is -1.76. The Morgan fingerprint density at radius 3 is 2.68 bits per heavy atom. The van der Waals surface area contributed by atoms with Gasteiger partial charge in [0, 0.05) is 17.6 Å². The molecule has 3 saturated carbocycles. The summed E-state index contributed by atoms with van der Waals surface area (Å²) in [5, 5.41) is 24.3. The fraction of sp³-hybridized carbons (Fsp3) is 0.767. The number of rotatable bonds is 3. The van der Waals surface area contributed by atoms with Gasteiger partial charge in [-0.25, -0.2) is 4.79 Å². The number of esters is 1. The third-order valence-electron chi connectivity index (χ3n) is 12.0. The lowest BCUT2D eigenvalue weighted by atomic mass is 9.41. The third kappa shape index (κ3) is 3.10. The van der Waals surface area contributed by atoms with E-state index in [1.807, 2.05) is 13.0 Å². The third-order valence-corrected chi connectivity index (χ3v) is 12.0. The molecule has 8 rings (SSSR count). The van der Waals surface area contributed by atoms with Crippen molar-refractivity contribution in [2.24, 2.45) is 22.7 Å². The number of Topliss-reactive ketones (excluding diaryl/α,β-unsaturated/α-hetero) is 2. The monoisotopic (exact) mass is 572 g/mol. The predicted octanol–water partition coefficient (Wildman–Crippen LogP) is 0.885. The van der Waals surface area contributed by atoms with Crippen LogP contribution in [0.3, 0.4) is 0 Å². The van der Waals surface area contributed by atoms with E-state index in [2.05, 4.69) is 6.92 Å². The summed E-state index contributed by atoms with van der Waals surface area (Å²) in [6.07, 6.45) is 1.41. The number of carbonyl (C=O) groups is 3. The van der Waals surface area contributed by atoms with Crippen LogP contribution in [-0.4, -0.2) is 95.3 Å². The summed E-state index contributed by atoms with van der Waals surface area (Å²) in [6, 6.07) is 0. The number of hydrogen-bond donors (Lipinski definition) is 2. The highest BCUT2D eigenvalue weighted by Crippen LogP contribution is 2.76. The van der Waals surface area contributed by atoms with E-state index in [1.165, 1.54) is 6.08 Å². The molecule has 0 bridgehead atoms. The van der Waals surface area contributed by atoms with Crippen LogP contribution in [0.2, 0.25) is 0 Å². The van der Waals surface area contributed by atoms with Gasteiger partial charge in [-0.3, -0.25) is 9.59 Å². The number of hydrogen-bond acceptors (Lipinski definition) is 11. The topological polar surface area (TPSA) is 150 Å². The molecular formula is C30H36O11. The first-order chi connectivity index (χ1) is 19.5. The summed E-state index contributed by atoms with van der Waals surface area (Å²) in [6.45, 7) is 5.71. The maximum absolute atomic E-state index is 14.1. The van der Waals surface area contributed by atoms with Crippen molar-refractivity contribution >= 4 is 17.5 Å². The van der Waals surface area contributed by atoms with E-state index in [-0.39, 0.29) is 49.8 Å². The number of carbonyl (C=O) groups excluding carboxylic acids is 3. The van der Waals surface area contributed by atoms with Crippen molar-refractivity contribution in [3.63, 3.8) is 0 Å². The lowest BCUT2D eigenvalue weighted by molar-refractivity contribution is -0.245. The Hall–Kier alpha value is -1.99. The molecule has 0 amide bonds. The van der Waals surface area contributed by atoms with Crippen molar-refractivity contribution in [1.29, 1.82) is 0 Å². The van der Waals surface area contributed by atoms with E-state index in [0.29, 0.717) is 36.8 Å². The number of aliphatic hydroxyl groups excluding tert-OH is 1. The smallest absolute Gasteiger partial charge is 0.331 e. The number of cyclic esters (lactones) is 1. The Kier molecular flexibility index (Phi) is 5.42. The lowest BCUT2D eigenvalue weighted by Gasteiger charge is -2.62. The number of aliphatic hydroxyl groups is 2. The molecule has 0 aromatic rings. The standard InChI is InChI=1S/C30H36O11/c1-13-22-23(38-12-37-22)20(32)26(39-13)40-16-4-6-27(2)15(9-16)10-18-30(41-18)24(27)21(33)25(34)28(3)17(5-7-29(28,30)35)14-8-19(31)36-11-14/h5,8,13,15-16,18,21-24,26,33,35H,4,6-7,9-12H2,1-3H3. The summed E-state index contributed by atoms with van der Waals surface area (Å²) in [4.78, 5) is 39.0. The number of fused-ring (bicyclic) bond motifs is 4. The summed E-state index contributed by atoms with van der Waals surface area (Å²) in [7, 11) is 0. The Bertz CT molecular complexity index is 1310. The van der Waals surface area contributed by atoms with Gasteiger partial charge in [-0.15, -0.1) is 0 Å². The van der Waals surface area contributed by atoms with Crippen molar-refractivity contribution in [2.75, 3.05) is 13.4 Å². The van der Waals surface area contributed by atoms with E-state index < -0.39 is 64.3 Å². The molecule has 11 heteroatoms. The number of ketones is 2. The van der Waals surface area contributed by atoms with Crippen LogP contribution in [0, 0.1) is 22.7 Å². The molecule has 0 aromatic carbocycles. The van der Waals surface area contributed by atoms with Crippen LogP contribution < -0.4 is 0 Å². The second-order valence-corrected chi connectivity index (χ2v) is 13.7. The van der Waals surface area contributed by atoms with Gasteiger partial charge in [0.2, 0.25) is 12.1 Å². The summed E-state index contributed by atoms with van der Waals surface area (Å²) in [5.41, 5.74) is -3.47. The van der Waals surface area contributed by atoms with Crippen molar-refractivity contribution in [1.82, 2.24) is 0 Å². The van der Waals surface area contributed by atoms with Crippen molar-refractivity contribution in [2.45, 2.75) is 107 Å². The largest absolute Gasteiger partial charge is 0.458 e. The van der Waals surface area contributed by atoms with Crippen LogP contribution in [0.4, 0.5) is 0 Å². The Labute approximate surface area is 237 Å². The first-order valence-electron chi connectivity index (χ1n) is 14.7. The van der Waals surface area contributed by atoms with Crippen LogP contribution in [0.1, 0.15) is 52.9 Å². The lowest BCUT2D eigenvalue weighted by Crippen LogP contribution is -2.75. The predicted molar refractivity (Wildman–Crippen MR) is 136 cm³/mol. The normalized spacial score (nSPS) is 55.2. The van der Waals surface area contributed by atoms with Gasteiger partial charge in [0.05, 0.1) is 23.7 Å². The van der Waals surface area contributed by atoms with E-state index in [1.54, 1.807) is 6.92 Å². The van der Waals surface area contributed by atoms with Gasteiger partial charge >= 0.3 is 5.97 Å². The summed E-state index contributed by atoms with van der Waals surface area (Å²) >= 11 is 0. The molecule has 0 radical (unpaired) electrons. The Morgan fingerprint density at radius 1 is 1.12 bits per heavy atom. The molecule has 11 nitrogen and oxygen atoms in total. The minimum atomic E-state index is -1.56. The maximum Gasteiger partial charge on any atom is 0.331 e. The molecule has 13 unspecified atom stereocenters. The molecule has 4 heterocycles. The molecule has 8 aliphatic rings. The highest BCUT2D eigenvalue weighted by atomic mass is 16.8. The molecule has 0 aromatic heterocycles. The molecule has 6 fully saturated rings. The molecule has 2 N–H and O–H groups in total. The molecule has 3 saturated heterocycles. The first kappa shape index (κ1) is 26.6. The van der Waals surface area contributed by atoms with E-state index in [9.17, 15) is 24.6 Å².